The molecule has 1 heterocycles. The van der Waals surface area contributed by atoms with Gasteiger partial charge in [-0.2, -0.15) is 0 Å². The number of Topliss-reactive ketones (excluding diaryl/α,β-unsaturated/α-hetero) is 1. The molecule has 5 heteroatoms. The van der Waals surface area contributed by atoms with Gasteiger partial charge in [0.2, 0.25) is 0 Å². The van der Waals surface area contributed by atoms with Crippen molar-refractivity contribution in [2.24, 2.45) is 0 Å². The molecule has 80 valence electrons. The highest BCUT2D eigenvalue weighted by atomic mass is 16.5. The Morgan fingerprint density at radius 2 is 2.14 bits per heavy atom. The van der Waals surface area contributed by atoms with Crippen molar-refractivity contribution in [1.82, 2.24) is 5.32 Å². The van der Waals surface area contributed by atoms with Gasteiger partial charge in [0.15, 0.2) is 11.9 Å². The summed E-state index contributed by atoms with van der Waals surface area (Å²) in [5.41, 5.74) is -0.304. The third kappa shape index (κ3) is 2.52. The zero-order valence-electron chi connectivity index (χ0n) is 8.53. The van der Waals surface area contributed by atoms with Crippen molar-refractivity contribution in [2.45, 2.75) is 38.5 Å². The lowest BCUT2D eigenvalue weighted by atomic mass is 10.0. The molecule has 1 rings (SSSR count). The van der Waals surface area contributed by atoms with E-state index >= 15 is 0 Å². The van der Waals surface area contributed by atoms with Gasteiger partial charge >= 0.3 is 5.97 Å². The molecule has 5 nitrogen and oxygen atoms in total. The number of rotatable bonds is 2. The van der Waals surface area contributed by atoms with E-state index in [4.69, 9.17) is 9.84 Å². The van der Waals surface area contributed by atoms with Crippen LogP contribution in [0.2, 0.25) is 0 Å². The van der Waals surface area contributed by atoms with E-state index in [9.17, 15) is 9.59 Å². The second-order valence-electron chi connectivity index (χ2n) is 4.41. The van der Waals surface area contributed by atoms with Crippen LogP contribution in [0.15, 0.2) is 0 Å². The summed E-state index contributed by atoms with van der Waals surface area (Å²) in [5.74, 6) is -1.30. The van der Waals surface area contributed by atoms with Crippen LogP contribution < -0.4 is 5.32 Å². The van der Waals surface area contributed by atoms with E-state index in [-0.39, 0.29) is 17.9 Å². The minimum Gasteiger partial charge on any atom is -0.479 e. The van der Waals surface area contributed by atoms with Gasteiger partial charge in [-0.3, -0.25) is 10.1 Å². The third-order valence-electron chi connectivity index (χ3n) is 1.89. The maximum atomic E-state index is 11.3. The summed E-state index contributed by atoms with van der Waals surface area (Å²) in [6.45, 7) is 5.50. The number of ether oxygens (including phenoxy) is 1. The number of carbonyl (C=O) groups excluding carboxylic acids is 1. The molecule has 0 aliphatic carbocycles. The molecular formula is C9H15NO4. The molecule has 1 aliphatic rings. The van der Waals surface area contributed by atoms with Crippen molar-refractivity contribution in [3.05, 3.63) is 0 Å². The molecular weight excluding hydrogens is 186 g/mol. The van der Waals surface area contributed by atoms with E-state index in [0.29, 0.717) is 0 Å². The first-order chi connectivity index (χ1) is 6.31. The monoisotopic (exact) mass is 201 g/mol. The molecule has 0 bridgehead atoms. The molecule has 1 saturated heterocycles. The maximum absolute atomic E-state index is 11.3. The Morgan fingerprint density at radius 3 is 2.57 bits per heavy atom. The summed E-state index contributed by atoms with van der Waals surface area (Å²) in [6, 6.07) is -0.729. The van der Waals surface area contributed by atoms with E-state index in [1.54, 1.807) is 0 Å². The lowest BCUT2D eigenvalue weighted by Gasteiger charge is -2.26. The van der Waals surface area contributed by atoms with Gasteiger partial charge in [-0.25, -0.2) is 4.79 Å². The van der Waals surface area contributed by atoms with Gasteiger partial charge < -0.3 is 9.84 Å². The van der Waals surface area contributed by atoms with E-state index < -0.39 is 18.1 Å². The van der Waals surface area contributed by atoms with Crippen LogP contribution in [-0.4, -0.2) is 41.2 Å². The highest BCUT2D eigenvalue weighted by Gasteiger charge is 2.42. The summed E-state index contributed by atoms with van der Waals surface area (Å²) in [6.07, 6.45) is -1.05. The Morgan fingerprint density at radius 1 is 1.57 bits per heavy atom. The predicted octanol–water partition coefficient (Wildman–Crippen LogP) is -0.204. The van der Waals surface area contributed by atoms with Crippen molar-refractivity contribution in [3.8, 4) is 0 Å². The van der Waals surface area contributed by atoms with Crippen LogP contribution in [0.1, 0.15) is 20.8 Å². The highest BCUT2D eigenvalue weighted by molar-refractivity contribution is 5.93. The molecule has 0 radical (unpaired) electrons. The van der Waals surface area contributed by atoms with Crippen LogP contribution in [-0.2, 0) is 14.3 Å². The minimum absolute atomic E-state index is 0.120. The normalized spacial score (nSPS) is 28.1. The standard InChI is InChI=1S/C9H15NO4/c1-9(2,3)10-6-5(11)4-14-7(6)8(12)13/h6-7,10H,4H2,1-3H3,(H,12,13). The lowest BCUT2D eigenvalue weighted by molar-refractivity contribution is -0.148. The first-order valence-electron chi connectivity index (χ1n) is 4.46. The molecule has 2 unspecified atom stereocenters. The number of aliphatic carboxylic acids is 1. The fourth-order valence-electron chi connectivity index (χ4n) is 1.36. The molecule has 0 aromatic rings. The summed E-state index contributed by atoms with van der Waals surface area (Å²) in [5, 5.41) is 11.7. The lowest BCUT2D eigenvalue weighted by Crippen LogP contribution is -2.52. The number of hydrogen-bond donors (Lipinski definition) is 2. The van der Waals surface area contributed by atoms with Gasteiger partial charge in [0.25, 0.3) is 0 Å². The summed E-state index contributed by atoms with van der Waals surface area (Å²) in [7, 11) is 0. The third-order valence-corrected chi connectivity index (χ3v) is 1.89. The Kier molecular flexibility index (Phi) is 2.92. The number of carbonyl (C=O) groups is 2. The fraction of sp³-hybridized carbons (Fsp3) is 0.778. The second-order valence-corrected chi connectivity index (χ2v) is 4.41. The smallest absolute Gasteiger partial charge is 0.334 e. The van der Waals surface area contributed by atoms with Gasteiger partial charge in [0.1, 0.15) is 12.6 Å². The largest absolute Gasteiger partial charge is 0.479 e. The molecule has 1 aliphatic heterocycles. The molecule has 0 spiro atoms. The van der Waals surface area contributed by atoms with Crippen LogP contribution in [0.3, 0.4) is 0 Å². The average Bonchev–Trinajstić information content (AvgIpc) is 2.29. The van der Waals surface area contributed by atoms with E-state index in [2.05, 4.69) is 5.32 Å². The first kappa shape index (κ1) is 11.1. The first-order valence-corrected chi connectivity index (χ1v) is 4.46. The molecule has 1 fully saturated rings. The second kappa shape index (κ2) is 3.67. The van der Waals surface area contributed by atoms with Crippen molar-refractivity contribution in [3.63, 3.8) is 0 Å². The predicted molar refractivity (Wildman–Crippen MR) is 49.1 cm³/mol. The van der Waals surface area contributed by atoms with Crippen molar-refractivity contribution < 1.29 is 19.4 Å². The molecule has 2 atom stereocenters. The fourth-order valence-corrected chi connectivity index (χ4v) is 1.36. The van der Waals surface area contributed by atoms with Crippen molar-refractivity contribution in [2.75, 3.05) is 6.61 Å². The molecule has 0 saturated carbocycles. The van der Waals surface area contributed by atoms with E-state index in [0.717, 1.165) is 0 Å². The maximum Gasteiger partial charge on any atom is 0.334 e. The van der Waals surface area contributed by atoms with Crippen LogP contribution >= 0.6 is 0 Å². The number of carboxylic acids is 1. The molecule has 0 aromatic heterocycles. The molecule has 0 aromatic carbocycles. The Balaban J connectivity index is 2.72. The highest BCUT2D eigenvalue weighted by Crippen LogP contribution is 2.14. The van der Waals surface area contributed by atoms with Crippen molar-refractivity contribution in [1.29, 1.82) is 0 Å². The topological polar surface area (TPSA) is 75.6 Å². The number of ketones is 1. The molecule has 14 heavy (non-hydrogen) atoms. The molecule has 2 N–H and O–H groups in total. The minimum atomic E-state index is -1.10. The van der Waals surface area contributed by atoms with Crippen molar-refractivity contribution >= 4 is 11.8 Å². The Labute approximate surface area is 82.4 Å². The SMILES string of the molecule is CC(C)(C)NC1C(=O)COC1C(=O)O. The molecule has 0 amide bonds. The number of carboxylic acid groups (broad SMARTS) is 1. The van der Waals surface area contributed by atoms with Gasteiger partial charge in [-0.1, -0.05) is 0 Å². The van der Waals surface area contributed by atoms with Crippen LogP contribution in [0.5, 0.6) is 0 Å². The summed E-state index contributed by atoms with van der Waals surface area (Å²) < 4.78 is 4.87. The Hall–Kier alpha value is -0.940. The quantitative estimate of drug-likeness (QED) is 0.647. The summed E-state index contributed by atoms with van der Waals surface area (Å²) in [4.78, 5) is 22.0. The van der Waals surface area contributed by atoms with Gasteiger partial charge in [0.05, 0.1) is 0 Å². The van der Waals surface area contributed by atoms with E-state index in [1.165, 1.54) is 0 Å². The van der Waals surface area contributed by atoms with E-state index in [1.807, 2.05) is 20.8 Å². The van der Waals surface area contributed by atoms with Crippen LogP contribution in [0, 0.1) is 0 Å². The zero-order valence-corrected chi connectivity index (χ0v) is 8.53. The van der Waals surface area contributed by atoms with Gasteiger partial charge in [-0.15, -0.1) is 0 Å². The Bertz CT molecular complexity index is 256. The number of hydrogen-bond acceptors (Lipinski definition) is 4. The van der Waals surface area contributed by atoms with Gasteiger partial charge in [-0.05, 0) is 20.8 Å². The number of nitrogens with one attached hydrogen (secondary N) is 1. The van der Waals surface area contributed by atoms with Crippen LogP contribution in [0.4, 0.5) is 0 Å². The van der Waals surface area contributed by atoms with Crippen LogP contribution in [0.25, 0.3) is 0 Å². The van der Waals surface area contributed by atoms with Gasteiger partial charge in [0, 0.05) is 5.54 Å². The summed E-state index contributed by atoms with van der Waals surface area (Å²) >= 11 is 0. The average molecular weight is 201 g/mol. The zero-order chi connectivity index (χ0) is 10.9.